The molecule has 0 N–H and O–H groups in total. The Bertz CT molecular complexity index is 832. The molecule has 1 fully saturated rings. The molecule has 0 bridgehead atoms. The fourth-order valence-electron chi connectivity index (χ4n) is 2.96. The van der Waals surface area contributed by atoms with Gasteiger partial charge in [0.25, 0.3) is 11.6 Å². The number of nitro groups is 1. The van der Waals surface area contributed by atoms with Gasteiger partial charge >= 0.3 is 5.97 Å². The van der Waals surface area contributed by atoms with Crippen LogP contribution in [0, 0.1) is 10.1 Å². The maximum Gasteiger partial charge on any atom is 0.345 e. The van der Waals surface area contributed by atoms with Crippen LogP contribution in [-0.2, 0) is 14.3 Å². The summed E-state index contributed by atoms with van der Waals surface area (Å²) in [6, 6.07) is 14.2. The number of nitrogens with zero attached hydrogens (tertiary/aromatic N) is 2. The molecule has 28 heavy (non-hydrogen) atoms. The van der Waals surface area contributed by atoms with Crippen molar-refractivity contribution < 1.29 is 24.0 Å². The Morgan fingerprint density at radius 1 is 1.04 bits per heavy atom. The minimum Gasteiger partial charge on any atom is -0.482 e. The van der Waals surface area contributed by atoms with Gasteiger partial charge in [-0.2, -0.15) is 0 Å². The Balaban J connectivity index is 1.63. The molecule has 0 aliphatic carbocycles. The van der Waals surface area contributed by atoms with Gasteiger partial charge < -0.3 is 14.4 Å². The van der Waals surface area contributed by atoms with Gasteiger partial charge in [0.15, 0.2) is 6.61 Å². The van der Waals surface area contributed by atoms with Crippen molar-refractivity contribution >= 4 is 17.6 Å². The van der Waals surface area contributed by atoms with E-state index in [4.69, 9.17) is 9.47 Å². The lowest BCUT2D eigenvalue weighted by atomic mass is 10.1. The normalized spacial score (nSPS) is 14.4. The molecule has 0 unspecified atom stereocenters. The molecule has 0 spiro atoms. The summed E-state index contributed by atoms with van der Waals surface area (Å²) in [5.41, 5.74) is 0.526. The SMILES string of the molecule is O=C(COc1ccc([N+](=O)[O-])cc1)O[C@@H](C(=O)N1CCCC1)c1ccccc1. The number of esters is 1. The summed E-state index contributed by atoms with van der Waals surface area (Å²) in [7, 11) is 0. The predicted molar refractivity (Wildman–Crippen MR) is 99.7 cm³/mol. The van der Waals surface area contributed by atoms with E-state index in [0.717, 1.165) is 12.8 Å². The molecule has 1 heterocycles. The number of likely N-dealkylation sites (tertiary alicyclic amines) is 1. The molecule has 2 aromatic carbocycles. The van der Waals surface area contributed by atoms with E-state index in [0.29, 0.717) is 24.4 Å². The number of amides is 1. The first kappa shape index (κ1) is 19.3. The first-order chi connectivity index (χ1) is 13.5. The lowest BCUT2D eigenvalue weighted by molar-refractivity contribution is -0.384. The van der Waals surface area contributed by atoms with Crippen LogP contribution in [0.5, 0.6) is 5.75 Å². The lowest BCUT2D eigenvalue weighted by Crippen LogP contribution is -2.35. The fraction of sp³-hybridized carbons (Fsp3) is 0.300. The van der Waals surface area contributed by atoms with Gasteiger partial charge in [0.1, 0.15) is 5.75 Å². The van der Waals surface area contributed by atoms with Gasteiger partial charge in [0.05, 0.1) is 4.92 Å². The molecule has 1 atom stereocenters. The van der Waals surface area contributed by atoms with Crippen molar-refractivity contribution in [1.82, 2.24) is 4.90 Å². The summed E-state index contributed by atoms with van der Waals surface area (Å²) in [6.45, 7) is 0.895. The Hall–Kier alpha value is -3.42. The summed E-state index contributed by atoms with van der Waals surface area (Å²) in [5.74, 6) is -0.642. The molecular formula is C20H20N2O6. The van der Waals surface area contributed by atoms with Crippen LogP contribution in [0.15, 0.2) is 54.6 Å². The average molecular weight is 384 g/mol. The Morgan fingerprint density at radius 3 is 2.29 bits per heavy atom. The first-order valence-electron chi connectivity index (χ1n) is 8.95. The first-order valence-corrected chi connectivity index (χ1v) is 8.95. The molecule has 8 heteroatoms. The van der Waals surface area contributed by atoms with Crippen LogP contribution in [0.4, 0.5) is 5.69 Å². The number of carbonyl (C=O) groups is 2. The van der Waals surface area contributed by atoms with Crippen molar-refractivity contribution in [2.75, 3.05) is 19.7 Å². The summed E-state index contributed by atoms with van der Waals surface area (Å²) in [4.78, 5) is 36.9. The van der Waals surface area contributed by atoms with Gasteiger partial charge in [0.2, 0.25) is 6.10 Å². The Labute approximate surface area is 161 Å². The number of non-ortho nitro benzene ring substituents is 1. The van der Waals surface area contributed by atoms with Gasteiger partial charge in [-0.15, -0.1) is 0 Å². The number of carbonyl (C=O) groups excluding carboxylic acids is 2. The highest BCUT2D eigenvalue weighted by molar-refractivity contribution is 5.85. The predicted octanol–water partition coefficient (Wildman–Crippen LogP) is 2.88. The third kappa shape index (κ3) is 4.85. The smallest absolute Gasteiger partial charge is 0.345 e. The standard InChI is InChI=1S/C20H20N2O6/c23-18(14-27-17-10-8-16(9-11-17)22(25)26)28-19(15-6-2-1-3-7-15)20(24)21-12-4-5-13-21/h1-3,6-11,19H,4-5,12-14H2/t19-/m1/s1. The third-order valence-electron chi connectivity index (χ3n) is 4.40. The second kappa shape index (κ2) is 8.98. The van der Waals surface area contributed by atoms with E-state index >= 15 is 0 Å². The summed E-state index contributed by atoms with van der Waals surface area (Å²) < 4.78 is 10.8. The van der Waals surface area contributed by atoms with E-state index in [2.05, 4.69) is 0 Å². The van der Waals surface area contributed by atoms with Crippen LogP contribution < -0.4 is 4.74 Å². The van der Waals surface area contributed by atoms with Gasteiger partial charge in [0, 0.05) is 30.8 Å². The lowest BCUT2D eigenvalue weighted by Gasteiger charge is -2.23. The van der Waals surface area contributed by atoms with Gasteiger partial charge in [-0.05, 0) is 25.0 Å². The zero-order valence-electron chi connectivity index (χ0n) is 15.2. The largest absolute Gasteiger partial charge is 0.482 e. The van der Waals surface area contributed by atoms with Crippen molar-refractivity contribution in [3.63, 3.8) is 0 Å². The van der Waals surface area contributed by atoms with Crippen LogP contribution >= 0.6 is 0 Å². The highest BCUT2D eigenvalue weighted by Crippen LogP contribution is 2.23. The number of hydrogen-bond donors (Lipinski definition) is 0. The molecule has 8 nitrogen and oxygen atoms in total. The van der Waals surface area contributed by atoms with Crippen molar-refractivity contribution in [2.45, 2.75) is 18.9 Å². The van der Waals surface area contributed by atoms with Gasteiger partial charge in [-0.25, -0.2) is 4.79 Å². The fourth-order valence-corrected chi connectivity index (χ4v) is 2.96. The maximum atomic E-state index is 12.8. The molecule has 1 aliphatic rings. The molecule has 0 radical (unpaired) electrons. The minimum atomic E-state index is -1.02. The van der Waals surface area contributed by atoms with E-state index in [1.807, 2.05) is 6.07 Å². The van der Waals surface area contributed by atoms with Crippen LogP contribution in [0.2, 0.25) is 0 Å². The van der Waals surface area contributed by atoms with Gasteiger partial charge in [-0.3, -0.25) is 14.9 Å². The topological polar surface area (TPSA) is 99.0 Å². The van der Waals surface area contributed by atoms with Crippen LogP contribution in [0.25, 0.3) is 0 Å². The molecule has 0 saturated carbocycles. The monoisotopic (exact) mass is 384 g/mol. The zero-order chi connectivity index (χ0) is 19.9. The quantitative estimate of drug-likeness (QED) is 0.413. The van der Waals surface area contributed by atoms with E-state index in [9.17, 15) is 19.7 Å². The molecule has 1 saturated heterocycles. The minimum absolute atomic E-state index is 0.0738. The molecule has 1 aliphatic heterocycles. The molecular weight excluding hydrogens is 364 g/mol. The van der Waals surface area contributed by atoms with Crippen LogP contribution in [0.1, 0.15) is 24.5 Å². The van der Waals surface area contributed by atoms with Crippen molar-refractivity contribution in [3.05, 3.63) is 70.3 Å². The Morgan fingerprint density at radius 2 is 1.68 bits per heavy atom. The van der Waals surface area contributed by atoms with E-state index < -0.39 is 23.6 Å². The summed E-state index contributed by atoms with van der Waals surface area (Å²) in [5, 5.41) is 10.7. The number of ether oxygens (including phenoxy) is 2. The van der Waals surface area contributed by atoms with Gasteiger partial charge in [-0.1, -0.05) is 30.3 Å². The number of rotatable bonds is 7. The molecule has 146 valence electrons. The zero-order valence-corrected chi connectivity index (χ0v) is 15.2. The van der Waals surface area contributed by atoms with Crippen molar-refractivity contribution in [3.8, 4) is 5.75 Å². The number of hydrogen-bond acceptors (Lipinski definition) is 6. The molecule has 2 aromatic rings. The second-order valence-electron chi connectivity index (χ2n) is 6.35. The maximum absolute atomic E-state index is 12.8. The van der Waals surface area contributed by atoms with Crippen molar-refractivity contribution in [2.24, 2.45) is 0 Å². The van der Waals surface area contributed by atoms with E-state index in [1.165, 1.54) is 24.3 Å². The highest BCUT2D eigenvalue weighted by Gasteiger charge is 2.31. The third-order valence-corrected chi connectivity index (χ3v) is 4.40. The Kier molecular flexibility index (Phi) is 6.21. The van der Waals surface area contributed by atoms with Crippen LogP contribution in [-0.4, -0.2) is 41.4 Å². The highest BCUT2D eigenvalue weighted by atomic mass is 16.6. The number of benzene rings is 2. The molecule has 0 aromatic heterocycles. The molecule has 3 rings (SSSR count). The number of nitro benzene ring substituents is 1. The van der Waals surface area contributed by atoms with E-state index in [1.54, 1.807) is 29.2 Å². The summed E-state index contributed by atoms with van der Waals surface area (Å²) in [6.07, 6.45) is 0.849. The average Bonchev–Trinajstić information content (AvgIpc) is 3.26. The van der Waals surface area contributed by atoms with E-state index in [-0.39, 0.29) is 11.6 Å². The molecule has 1 amide bonds. The van der Waals surface area contributed by atoms with Crippen LogP contribution in [0.3, 0.4) is 0 Å². The summed E-state index contributed by atoms with van der Waals surface area (Å²) >= 11 is 0. The van der Waals surface area contributed by atoms with Crippen molar-refractivity contribution in [1.29, 1.82) is 0 Å². The second-order valence-corrected chi connectivity index (χ2v) is 6.35.